The van der Waals surface area contributed by atoms with E-state index in [2.05, 4.69) is 15.9 Å². The topological polar surface area (TPSA) is 67.6 Å². The molecule has 0 spiro atoms. The van der Waals surface area contributed by atoms with Gasteiger partial charge in [0.2, 0.25) is 17.2 Å². The van der Waals surface area contributed by atoms with E-state index in [0.717, 1.165) is 4.90 Å². The van der Waals surface area contributed by atoms with Crippen LogP contribution in [0.15, 0.2) is 38.1 Å². The van der Waals surface area contributed by atoms with Crippen molar-refractivity contribution >= 4 is 38.7 Å². The molecule has 6 heteroatoms. The number of fused-ring (bicyclic) bond motifs is 1. The number of carbonyl (C=O) groups excluding carboxylic acids is 2. The Morgan fingerprint density at radius 3 is 2.70 bits per heavy atom. The number of amides is 2. The Morgan fingerprint density at radius 2 is 2.05 bits per heavy atom. The number of benzene rings is 1. The predicted octanol–water partition coefficient (Wildman–Crippen LogP) is 2.03. The molecule has 1 fully saturated rings. The van der Waals surface area contributed by atoms with Crippen molar-refractivity contribution in [2.75, 3.05) is 7.05 Å². The summed E-state index contributed by atoms with van der Waals surface area (Å²) in [4.78, 5) is 37.1. The van der Waals surface area contributed by atoms with E-state index in [9.17, 15) is 14.4 Å². The maximum atomic E-state index is 12.3. The van der Waals surface area contributed by atoms with Gasteiger partial charge in [-0.25, -0.2) is 0 Å². The molecule has 1 unspecified atom stereocenters. The average molecular weight is 336 g/mol. The summed E-state index contributed by atoms with van der Waals surface area (Å²) in [5.41, 5.74) is 0.711. The van der Waals surface area contributed by atoms with Gasteiger partial charge < -0.3 is 4.42 Å². The number of hydrogen-bond donors (Lipinski definition) is 0. The van der Waals surface area contributed by atoms with Gasteiger partial charge in [0.15, 0.2) is 0 Å². The Bertz CT molecular complexity index is 795. The van der Waals surface area contributed by atoms with Gasteiger partial charge >= 0.3 is 0 Å². The van der Waals surface area contributed by atoms with Crippen LogP contribution in [0.2, 0.25) is 0 Å². The highest BCUT2D eigenvalue weighted by Crippen LogP contribution is 2.32. The Balaban J connectivity index is 2.28. The third-order valence-electron chi connectivity index (χ3n) is 3.55. The zero-order valence-corrected chi connectivity index (χ0v) is 12.1. The Morgan fingerprint density at radius 1 is 1.30 bits per heavy atom. The lowest BCUT2D eigenvalue weighted by molar-refractivity contribution is -0.137. The largest absolute Gasteiger partial charge is 0.463 e. The van der Waals surface area contributed by atoms with Crippen molar-refractivity contribution in [1.82, 2.24) is 4.90 Å². The van der Waals surface area contributed by atoms with Gasteiger partial charge in [-0.1, -0.05) is 12.1 Å². The summed E-state index contributed by atoms with van der Waals surface area (Å²) >= 11 is 3.13. The summed E-state index contributed by atoms with van der Waals surface area (Å²) in [7, 11) is 1.45. The minimum Gasteiger partial charge on any atom is -0.463 e. The molecule has 1 aromatic heterocycles. The molecule has 20 heavy (non-hydrogen) atoms. The van der Waals surface area contributed by atoms with Crippen molar-refractivity contribution < 1.29 is 14.0 Å². The van der Waals surface area contributed by atoms with E-state index in [1.807, 2.05) is 0 Å². The number of likely N-dealkylation sites (N-methyl/N-ethyl adjacent to an activating group) is 1. The van der Waals surface area contributed by atoms with Gasteiger partial charge in [-0.2, -0.15) is 0 Å². The smallest absolute Gasteiger partial charge is 0.236 e. The molecule has 1 aliphatic heterocycles. The van der Waals surface area contributed by atoms with Crippen LogP contribution in [-0.2, 0) is 9.59 Å². The van der Waals surface area contributed by atoms with Crippen LogP contribution in [0.3, 0.4) is 0 Å². The van der Waals surface area contributed by atoms with E-state index in [1.165, 1.54) is 13.3 Å². The van der Waals surface area contributed by atoms with Gasteiger partial charge in [0.25, 0.3) is 0 Å². The summed E-state index contributed by atoms with van der Waals surface area (Å²) in [5.74, 6) is -1.15. The molecular weight excluding hydrogens is 326 g/mol. The Labute approximate surface area is 122 Å². The first kappa shape index (κ1) is 13.1. The number of nitrogens with zero attached hydrogens (tertiary/aromatic N) is 1. The number of halogens is 1. The standard InChI is InChI=1S/C14H10BrNO4/c1-16-11(17)5-8(14(16)19)7-3-2-4-10-12(7)13(18)9(15)6-20-10/h2-4,6,8H,5H2,1H3. The first-order valence-electron chi connectivity index (χ1n) is 6.01. The van der Waals surface area contributed by atoms with Gasteiger partial charge in [0.1, 0.15) is 16.3 Å². The van der Waals surface area contributed by atoms with Crippen molar-refractivity contribution in [3.05, 3.63) is 44.7 Å². The van der Waals surface area contributed by atoms with E-state index >= 15 is 0 Å². The van der Waals surface area contributed by atoms with E-state index in [1.54, 1.807) is 18.2 Å². The van der Waals surface area contributed by atoms with Crippen LogP contribution >= 0.6 is 15.9 Å². The quantitative estimate of drug-likeness (QED) is 0.748. The third-order valence-corrected chi connectivity index (χ3v) is 4.10. The van der Waals surface area contributed by atoms with E-state index < -0.39 is 5.92 Å². The highest BCUT2D eigenvalue weighted by atomic mass is 79.9. The molecule has 2 aromatic rings. The van der Waals surface area contributed by atoms with Gasteiger partial charge in [0.05, 0.1) is 11.3 Å². The van der Waals surface area contributed by atoms with Crippen LogP contribution in [-0.4, -0.2) is 23.8 Å². The molecule has 1 atom stereocenters. The maximum Gasteiger partial charge on any atom is 0.236 e. The maximum absolute atomic E-state index is 12.3. The monoisotopic (exact) mass is 335 g/mol. The zero-order valence-electron chi connectivity index (χ0n) is 10.6. The van der Waals surface area contributed by atoms with Crippen molar-refractivity contribution in [2.45, 2.75) is 12.3 Å². The van der Waals surface area contributed by atoms with E-state index in [4.69, 9.17) is 4.42 Å². The van der Waals surface area contributed by atoms with Gasteiger partial charge in [-0.15, -0.1) is 0 Å². The normalized spacial score (nSPS) is 19.1. The molecule has 2 heterocycles. The first-order valence-corrected chi connectivity index (χ1v) is 6.80. The summed E-state index contributed by atoms with van der Waals surface area (Å²) in [6.07, 6.45) is 1.41. The van der Waals surface area contributed by atoms with Gasteiger partial charge in [0, 0.05) is 13.5 Å². The number of carbonyl (C=O) groups is 2. The van der Waals surface area contributed by atoms with Crippen molar-refractivity contribution in [2.24, 2.45) is 0 Å². The summed E-state index contributed by atoms with van der Waals surface area (Å²) in [6, 6.07) is 5.07. The third kappa shape index (κ3) is 1.79. The second-order valence-corrected chi connectivity index (χ2v) is 5.54. The molecule has 102 valence electrons. The molecule has 0 aliphatic carbocycles. The molecule has 0 N–H and O–H groups in total. The van der Waals surface area contributed by atoms with E-state index in [-0.39, 0.29) is 23.7 Å². The number of rotatable bonds is 1. The summed E-state index contributed by atoms with van der Waals surface area (Å²) < 4.78 is 5.65. The highest BCUT2D eigenvalue weighted by Gasteiger charge is 2.38. The van der Waals surface area contributed by atoms with Gasteiger partial charge in [-0.3, -0.25) is 19.3 Å². The van der Waals surface area contributed by atoms with Crippen LogP contribution in [0.25, 0.3) is 11.0 Å². The second-order valence-electron chi connectivity index (χ2n) is 4.68. The van der Waals surface area contributed by atoms with Gasteiger partial charge in [-0.05, 0) is 27.6 Å². The Hall–Kier alpha value is -1.95. The van der Waals surface area contributed by atoms with Crippen LogP contribution in [0, 0.1) is 0 Å². The summed E-state index contributed by atoms with van der Waals surface area (Å²) in [6.45, 7) is 0. The summed E-state index contributed by atoms with van der Waals surface area (Å²) in [5, 5.41) is 0.350. The second kappa shape index (κ2) is 4.56. The molecule has 0 saturated carbocycles. The minimum absolute atomic E-state index is 0.0837. The minimum atomic E-state index is -0.617. The Kier molecular flexibility index (Phi) is 2.97. The first-order chi connectivity index (χ1) is 9.50. The molecular formula is C14H10BrNO4. The van der Waals surface area contributed by atoms with Crippen LogP contribution in [0.4, 0.5) is 0 Å². The fraction of sp³-hybridized carbons (Fsp3) is 0.214. The average Bonchev–Trinajstić information content (AvgIpc) is 2.70. The van der Waals surface area contributed by atoms with Crippen molar-refractivity contribution in [1.29, 1.82) is 0 Å². The predicted molar refractivity (Wildman–Crippen MR) is 75.3 cm³/mol. The lowest BCUT2D eigenvalue weighted by atomic mass is 9.94. The fourth-order valence-corrected chi connectivity index (χ4v) is 2.76. The number of imide groups is 1. The molecule has 3 rings (SSSR count). The van der Waals surface area contributed by atoms with Crippen molar-refractivity contribution in [3.8, 4) is 0 Å². The fourth-order valence-electron chi connectivity index (χ4n) is 2.47. The van der Waals surface area contributed by atoms with Crippen molar-refractivity contribution in [3.63, 3.8) is 0 Å². The SMILES string of the molecule is CN1C(=O)CC(c2cccc3occ(Br)c(=O)c23)C1=O. The van der Waals surface area contributed by atoms with E-state index in [0.29, 0.717) is 21.0 Å². The van der Waals surface area contributed by atoms with Crippen LogP contribution in [0.5, 0.6) is 0 Å². The molecule has 5 nitrogen and oxygen atoms in total. The lowest BCUT2D eigenvalue weighted by Crippen LogP contribution is -2.25. The zero-order chi connectivity index (χ0) is 14.4. The van der Waals surface area contributed by atoms with Crippen LogP contribution in [0.1, 0.15) is 17.9 Å². The number of hydrogen-bond acceptors (Lipinski definition) is 4. The molecule has 0 radical (unpaired) electrons. The number of likely N-dealkylation sites (tertiary alicyclic amines) is 1. The molecule has 0 bridgehead atoms. The van der Waals surface area contributed by atoms with Crippen LogP contribution < -0.4 is 5.43 Å². The molecule has 2 amide bonds. The molecule has 1 aromatic carbocycles. The molecule has 1 saturated heterocycles. The lowest BCUT2D eigenvalue weighted by Gasteiger charge is -2.11. The highest BCUT2D eigenvalue weighted by molar-refractivity contribution is 9.10. The molecule has 1 aliphatic rings.